The van der Waals surface area contributed by atoms with E-state index in [9.17, 15) is 9.59 Å². The SMILES string of the molecule is C[n+]1cccc(-c2ccc(NC(=O)c3ccc(C(=O)Nc4ccc(-c5ccc[n+](C)c5)cc4)cc3)cc2)c1. The number of nitrogens with one attached hydrogen (secondary N) is 2. The van der Waals surface area contributed by atoms with Crippen molar-refractivity contribution in [1.82, 2.24) is 0 Å². The average Bonchev–Trinajstić information content (AvgIpc) is 2.94. The summed E-state index contributed by atoms with van der Waals surface area (Å²) in [5.74, 6) is -0.471. The van der Waals surface area contributed by atoms with E-state index in [1.165, 1.54) is 0 Å². The Morgan fingerprint density at radius 3 is 1.21 bits per heavy atom. The van der Waals surface area contributed by atoms with E-state index >= 15 is 0 Å². The molecule has 0 spiro atoms. The Morgan fingerprint density at radius 2 is 0.868 bits per heavy atom. The Bertz CT molecular complexity index is 1470. The van der Waals surface area contributed by atoms with Crippen LogP contribution in [0.5, 0.6) is 0 Å². The van der Waals surface area contributed by atoms with E-state index in [-0.39, 0.29) is 11.8 Å². The first-order valence-electron chi connectivity index (χ1n) is 12.3. The van der Waals surface area contributed by atoms with Gasteiger partial charge in [-0.1, -0.05) is 24.3 Å². The standard InChI is InChI=1S/C32H26N4O2/c1-35-19-3-5-27(21-35)23-11-15-29(16-12-23)33-31(37)25-7-9-26(10-8-25)32(38)34-30-17-13-24(14-18-30)28-6-4-20-36(2)22-28/h3-22H,1-2H3/p+2. The molecule has 0 aliphatic rings. The number of aryl methyl sites for hydroxylation is 2. The molecule has 2 amide bonds. The van der Waals surface area contributed by atoms with Crippen LogP contribution in [0.1, 0.15) is 20.7 Å². The van der Waals surface area contributed by atoms with Gasteiger partial charge in [0.25, 0.3) is 11.8 Å². The van der Waals surface area contributed by atoms with Crippen molar-refractivity contribution in [2.24, 2.45) is 14.1 Å². The Labute approximate surface area is 221 Å². The number of hydrogen-bond acceptors (Lipinski definition) is 2. The molecule has 2 aromatic heterocycles. The maximum absolute atomic E-state index is 12.7. The lowest BCUT2D eigenvalue weighted by Crippen LogP contribution is -2.26. The van der Waals surface area contributed by atoms with E-state index in [0.717, 1.165) is 22.3 Å². The summed E-state index contributed by atoms with van der Waals surface area (Å²) in [6.45, 7) is 0. The molecule has 0 bridgehead atoms. The maximum atomic E-state index is 12.7. The summed E-state index contributed by atoms with van der Waals surface area (Å²) in [5.41, 5.74) is 6.69. The van der Waals surface area contributed by atoms with Crippen molar-refractivity contribution in [3.8, 4) is 22.3 Å². The summed E-state index contributed by atoms with van der Waals surface area (Å²) in [6, 6.07) is 30.1. The van der Waals surface area contributed by atoms with Crippen LogP contribution in [-0.2, 0) is 14.1 Å². The van der Waals surface area contributed by atoms with Gasteiger partial charge >= 0.3 is 0 Å². The van der Waals surface area contributed by atoms with Crippen molar-refractivity contribution >= 4 is 23.2 Å². The van der Waals surface area contributed by atoms with E-state index in [1.54, 1.807) is 24.3 Å². The third-order valence-electron chi connectivity index (χ3n) is 6.24. The Kier molecular flexibility index (Phi) is 7.04. The van der Waals surface area contributed by atoms with Crippen molar-refractivity contribution in [3.63, 3.8) is 0 Å². The highest BCUT2D eigenvalue weighted by Gasteiger charge is 2.11. The Hall–Kier alpha value is -5.10. The zero-order valence-corrected chi connectivity index (χ0v) is 21.3. The minimum atomic E-state index is -0.235. The molecule has 0 saturated heterocycles. The van der Waals surface area contributed by atoms with Gasteiger partial charge in [-0.05, 0) is 71.8 Å². The lowest BCUT2D eigenvalue weighted by atomic mass is 10.1. The fourth-order valence-corrected chi connectivity index (χ4v) is 4.19. The lowest BCUT2D eigenvalue weighted by Gasteiger charge is -2.09. The molecule has 5 aromatic rings. The first-order chi connectivity index (χ1) is 18.4. The quantitative estimate of drug-likeness (QED) is 0.316. The van der Waals surface area contributed by atoms with E-state index in [2.05, 4.69) is 10.6 Å². The smallest absolute Gasteiger partial charge is 0.255 e. The van der Waals surface area contributed by atoms with Crippen molar-refractivity contribution in [3.05, 3.63) is 133 Å². The Balaban J connectivity index is 1.19. The van der Waals surface area contributed by atoms with Crippen LogP contribution in [0, 0.1) is 0 Å². The highest BCUT2D eigenvalue weighted by Crippen LogP contribution is 2.22. The summed E-state index contributed by atoms with van der Waals surface area (Å²) < 4.78 is 3.99. The van der Waals surface area contributed by atoms with Crippen LogP contribution in [0.3, 0.4) is 0 Å². The summed E-state index contributed by atoms with van der Waals surface area (Å²) in [5, 5.41) is 5.83. The van der Waals surface area contributed by atoms with Crippen molar-refractivity contribution < 1.29 is 18.7 Å². The van der Waals surface area contributed by atoms with Crippen LogP contribution in [-0.4, -0.2) is 11.8 Å². The predicted molar refractivity (Wildman–Crippen MR) is 148 cm³/mol. The predicted octanol–water partition coefficient (Wildman–Crippen LogP) is 5.17. The molecule has 0 saturated carbocycles. The van der Waals surface area contributed by atoms with Gasteiger partial charge in [0.1, 0.15) is 14.1 Å². The third kappa shape index (κ3) is 5.82. The van der Waals surface area contributed by atoms with Crippen LogP contribution in [0.15, 0.2) is 122 Å². The lowest BCUT2D eigenvalue weighted by molar-refractivity contribution is -0.671. The normalized spacial score (nSPS) is 10.6. The molecular weight excluding hydrogens is 472 g/mol. The molecule has 186 valence electrons. The van der Waals surface area contributed by atoms with Crippen LogP contribution < -0.4 is 19.8 Å². The van der Waals surface area contributed by atoms with Crippen LogP contribution in [0.2, 0.25) is 0 Å². The largest absolute Gasteiger partial charge is 0.322 e. The van der Waals surface area contributed by atoms with E-state index in [4.69, 9.17) is 0 Å². The van der Waals surface area contributed by atoms with Gasteiger partial charge in [0.05, 0.1) is 0 Å². The van der Waals surface area contributed by atoms with Gasteiger partial charge in [0, 0.05) is 45.8 Å². The molecule has 0 unspecified atom stereocenters. The number of benzene rings is 3. The molecule has 2 heterocycles. The van der Waals surface area contributed by atoms with E-state index < -0.39 is 0 Å². The number of rotatable bonds is 6. The monoisotopic (exact) mass is 500 g/mol. The Morgan fingerprint density at radius 1 is 0.500 bits per heavy atom. The highest BCUT2D eigenvalue weighted by molar-refractivity contribution is 6.07. The minimum Gasteiger partial charge on any atom is -0.322 e. The number of hydrogen-bond donors (Lipinski definition) is 2. The number of pyridine rings is 2. The fraction of sp³-hybridized carbons (Fsp3) is 0.0625. The first-order valence-corrected chi connectivity index (χ1v) is 12.3. The van der Waals surface area contributed by atoms with E-state index in [0.29, 0.717) is 22.5 Å². The van der Waals surface area contributed by atoms with Gasteiger partial charge in [-0.25, -0.2) is 9.13 Å². The highest BCUT2D eigenvalue weighted by atomic mass is 16.2. The number of carbonyl (C=O) groups excluding carboxylic acids is 2. The maximum Gasteiger partial charge on any atom is 0.255 e. The molecule has 6 nitrogen and oxygen atoms in total. The fourth-order valence-electron chi connectivity index (χ4n) is 4.19. The molecule has 0 aliphatic carbocycles. The first kappa shape index (κ1) is 24.6. The van der Waals surface area contributed by atoms with Crippen LogP contribution >= 0.6 is 0 Å². The second kappa shape index (κ2) is 10.9. The topological polar surface area (TPSA) is 66.0 Å². The van der Waals surface area contributed by atoms with Gasteiger partial charge < -0.3 is 10.6 Å². The number of nitrogens with zero attached hydrogens (tertiary/aromatic N) is 2. The molecule has 0 radical (unpaired) electrons. The van der Waals surface area contributed by atoms with Crippen LogP contribution in [0.4, 0.5) is 11.4 Å². The zero-order chi connectivity index (χ0) is 26.5. The zero-order valence-electron chi connectivity index (χ0n) is 21.3. The number of carbonyl (C=O) groups is 2. The summed E-state index contributed by atoms with van der Waals surface area (Å²) >= 11 is 0. The molecule has 0 aliphatic heterocycles. The van der Waals surface area contributed by atoms with Gasteiger partial charge in [0.2, 0.25) is 0 Å². The minimum absolute atomic E-state index is 0.235. The van der Waals surface area contributed by atoms with Gasteiger partial charge in [-0.3, -0.25) is 9.59 Å². The summed E-state index contributed by atoms with van der Waals surface area (Å²) in [6.07, 6.45) is 8.06. The average molecular weight is 501 g/mol. The van der Waals surface area contributed by atoms with Gasteiger partial charge in [-0.15, -0.1) is 0 Å². The molecular formula is C32H28N4O2+2. The van der Waals surface area contributed by atoms with Gasteiger partial charge in [0.15, 0.2) is 24.8 Å². The number of aromatic nitrogens is 2. The molecule has 6 heteroatoms. The molecule has 2 N–H and O–H groups in total. The summed E-state index contributed by atoms with van der Waals surface area (Å²) in [7, 11) is 3.96. The molecule has 3 aromatic carbocycles. The number of anilines is 2. The number of amides is 2. The molecule has 38 heavy (non-hydrogen) atoms. The third-order valence-corrected chi connectivity index (χ3v) is 6.24. The second-order valence-corrected chi connectivity index (χ2v) is 9.16. The van der Waals surface area contributed by atoms with E-state index in [1.807, 2.05) is 121 Å². The second-order valence-electron chi connectivity index (χ2n) is 9.16. The van der Waals surface area contributed by atoms with Crippen LogP contribution in [0.25, 0.3) is 22.3 Å². The van der Waals surface area contributed by atoms with Crippen molar-refractivity contribution in [2.45, 2.75) is 0 Å². The molecule has 5 rings (SSSR count). The van der Waals surface area contributed by atoms with Crippen molar-refractivity contribution in [1.29, 1.82) is 0 Å². The molecule has 0 atom stereocenters. The van der Waals surface area contributed by atoms with Crippen molar-refractivity contribution in [2.75, 3.05) is 10.6 Å². The summed E-state index contributed by atoms with van der Waals surface area (Å²) in [4.78, 5) is 25.5. The molecule has 0 fully saturated rings. The van der Waals surface area contributed by atoms with Gasteiger partial charge in [-0.2, -0.15) is 0 Å².